The molecule has 3 aromatic rings. The second-order valence-electron chi connectivity index (χ2n) is 7.82. The molecule has 4 rings (SSSR count). The molecular formula is C23H30N8O2. The Balaban J connectivity index is 1.72. The summed E-state index contributed by atoms with van der Waals surface area (Å²) >= 11 is 0. The number of hydrogen-bond donors (Lipinski definition) is 3. The summed E-state index contributed by atoms with van der Waals surface area (Å²) in [6.07, 6.45) is 3.46. The number of methoxy groups -OCH3 is 1. The van der Waals surface area contributed by atoms with Crippen LogP contribution in [0.5, 0.6) is 0 Å². The van der Waals surface area contributed by atoms with Crippen LogP contribution in [0.4, 0.5) is 11.5 Å². The summed E-state index contributed by atoms with van der Waals surface area (Å²) in [5.41, 5.74) is 10.8. The summed E-state index contributed by atoms with van der Waals surface area (Å²) in [6.45, 7) is 3.58. The number of nitrogens with one attached hydrogen (secondary N) is 1. The van der Waals surface area contributed by atoms with Crippen molar-refractivity contribution >= 4 is 22.5 Å². The number of nitrogens with two attached hydrogens (primary N) is 2. The molecule has 1 aromatic carbocycles. The van der Waals surface area contributed by atoms with Crippen LogP contribution in [0.2, 0.25) is 0 Å². The normalized spacial score (nSPS) is 14.5. The molecule has 5 N–H and O–H groups in total. The lowest BCUT2D eigenvalue weighted by Gasteiger charge is -2.28. The molecule has 174 valence electrons. The minimum absolute atomic E-state index is 0.315. The van der Waals surface area contributed by atoms with Crippen molar-refractivity contribution in [3.05, 3.63) is 54.0 Å². The molecule has 33 heavy (non-hydrogen) atoms. The van der Waals surface area contributed by atoms with Gasteiger partial charge in [-0.1, -0.05) is 0 Å². The lowest BCUT2D eigenvalue weighted by molar-refractivity contribution is 0.122. The summed E-state index contributed by atoms with van der Waals surface area (Å²) in [7, 11) is 3.48. The first-order valence-corrected chi connectivity index (χ1v) is 10.8. The van der Waals surface area contributed by atoms with Gasteiger partial charge < -0.3 is 30.4 Å². The zero-order valence-electron chi connectivity index (χ0n) is 19.0. The highest BCUT2D eigenvalue weighted by Gasteiger charge is 2.19. The maximum absolute atomic E-state index is 6.11. The van der Waals surface area contributed by atoms with Crippen molar-refractivity contribution < 1.29 is 9.47 Å². The molecule has 10 heteroatoms. The number of aromatic nitrogens is 3. The van der Waals surface area contributed by atoms with Gasteiger partial charge >= 0.3 is 0 Å². The molecule has 1 fully saturated rings. The van der Waals surface area contributed by atoms with Crippen molar-refractivity contribution in [2.24, 2.45) is 11.6 Å². The lowest BCUT2D eigenvalue weighted by atomic mass is 10.1. The van der Waals surface area contributed by atoms with Gasteiger partial charge in [0.1, 0.15) is 5.52 Å². The summed E-state index contributed by atoms with van der Waals surface area (Å²) < 4.78 is 10.6. The van der Waals surface area contributed by atoms with Gasteiger partial charge in [0.25, 0.3) is 0 Å². The third-order valence-electron chi connectivity index (χ3n) is 5.32. The fraction of sp³-hybridized carbons (Fsp3) is 0.348. The molecule has 0 bridgehead atoms. The second-order valence-corrected chi connectivity index (χ2v) is 7.82. The fourth-order valence-corrected chi connectivity index (χ4v) is 3.72. The average Bonchev–Trinajstić information content (AvgIpc) is 2.84. The molecule has 0 radical (unpaired) electrons. The van der Waals surface area contributed by atoms with E-state index >= 15 is 0 Å². The minimum atomic E-state index is 0.315. The number of morpholine rings is 1. The highest BCUT2D eigenvalue weighted by Crippen LogP contribution is 2.28. The highest BCUT2D eigenvalue weighted by molar-refractivity contribution is 5.88. The zero-order chi connectivity index (χ0) is 23.2. The van der Waals surface area contributed by atoms with Gasteiger partial charge in [-0.15, -0.1) is 0 Å². The standard InChI is InChI=1S/C23H30N8O2/c1-26-19-5-3-17(4-6-19)22-28-20-11-16(13-31(25)14-18(24)15-32-2)12-27-21(20)23(29-22)30-7-9-33-10-8-30/h3-6,11-12,14,26H,7-10,13,15,24-25H2,1-2H3/b18-14-. The molecule has 0 spiro atoms. The largest absolute Gasteiger partial charge is 0.399 e. The van der Waals surface area contributed by atoms with Gasteiger partial charge in [0, 0.05) is 50.9 Å². The van der Waals surface area contributed by atoms with E-state index in [0.717, 1.165) is 46.8 Å². The molecule has 1 aliphatic heterocycles. The van der Waals surface area contributed by atoms with E-state index < -0.39 is 0 Å². The van der Waals surface area contributed by atoms with Crippen LogP contribution in [-0.2, 0) is 16.0 Å². The number of ether oxygens (including phenoxy) is 2. The van der Waals surface area contributed by atoms with E-state index in [-0.39, 0.29) is 0 Å². The molecular weight excluding hydrogens is 420 g/mol. The van der Waals surface area contributed by atoms with E-state index in [1.165, 1.54) is 5.01 Å². The van der Waals surface area contributed by atoms with Crippen molar-refractivity contribution in [2.75, 3.05) is 57.3 Å². The van der Waals surface area contributed by atoms with Gasteiger partial charge in [0.2, 0.25) is 0 Å². The topological polar surface area (TPSA) is 128 Å². The maximum Gasteiger partial charge on any atom is 0.162 e. The van der Waals surface area contributed by atoms with Gasteiger partial charge in [-0.25, -0.2) is 15.8 Å². The summed E-state index contributed by atoms with van der Waals surface area (Å²) in [5.74, 6) is 7.58. The Kier molecular flexibility index (Phi) is 7.18. The van der Waals surface area contributed by atoms with E-state index in [1.807, 2.05) is 37.4 Å². The van der Waals surface area contributed by atoms with Crippen molar-refractivity contribution in [3.8, 4) is 11.4 Å². The van der Waals surface area contributed by atoms with Crippen LogP contribution in [0, 0.1) is 0 Å². The van der Waals surface area contributed by atoms with E-state index in [2.05, 4.69) is 10.2 Å². The monoisotopic (exact) mass is 450 g/mol. The fourth-order valence-electron chi connectivity index (χ4n) is 3.72. The van der Waals surface area contributed by atoms with Gasteiger partial charge in [-0.2, -0.15) is 0 Å². The van der Waals surface area contributed by atoms with E-state index in [0.29, 0.717) is 37.9 Å². The summed E-state index contributed by atoms with van der Waals surface area (Å²) in [6, 6.07) is 10.0. The number of rotatable bonds is 8. The Morgan fingerprint density at radius 3 is 2.70 bits per heavy atom. The molecule has 10 nitrogen and oxygen atoms in total. The first-order chi connectivity index (χ1) is 16.1. The third kappa shape index (κ3) is 5.48. The quantitative estimate of drug-likeness (QED) is 0.344. The Morgan fingerprint density at radius 2 is 2.00 bits per heavy atom. The van der Waals surface area contributed by atoms with E-state index in [1.54, 1.807) is 19.5 Å². The molecule has 0 aliphatic carbocycles. The van der Waals surface area contributed by atoms with Gasteiger partial charge in [-0.05, 0) is 35.9 Å². The van der Waals surface area contributed by atoms with Crippen molar-refractivity contribution in [2.45, 2.75) is 6.54 Å². The number of nitrogens with zero attached hydrogens (tertiary/aromatic N) is 5. The number of fused-ring (bicyclic) bond motifs is 1. The van der Waals surface area contributed by atoms with Crippen LogP contribution in [-0.4, -0.2) is 67.0 Å². The molecule has 0 amide bonds. The Morgan fingerprint density at radius 1 is 1.24 bits per heavy atom. The van der Waals surface area contributed by atoms with E-state index in [9.17, 15) is 0 Å². The molecule has 2 aromatic heterocycles. The number of pyridine rings is 1. The number of benzene rings is 1. The first-order valence-electron chi connectivity index (χ1n) is 10.8. The van der Waals surface area contributed by atoms with Crippen LogP contribution in [0.3, 0.4) is 0 Å². The first kappa shape index (κ1) is 22.7. The molecule has 0 atom stereocenters. The highest BCUT2D eigenvalue weighted by atomic mass is 16.5. The van der Waals surface area contributed by atoms with Crippen molar-refractivity contribution in [3.63, 3.8) is 0 Å². The summed E-state index contributed by atoms with van der Waals surface area (Å²) in [4.78, 5) is 16.7. The number of hydrazine groups is 1. The molecule has 1 aliphatic rings. The molecule has 0 saturated carbocycles. The van der Waals surface area contributed by atoms with Crippen molar-refractivity contribution in [1.29, 1.82) is 0 Å². The number of anilines is 2. The third-order valence-corrected chi connectivity index (χ3v) is 5.32. The lowest BCUT2D eigenvalue weighted by Crippen LogP contribution is -2.37. The van der Waals surface area contributed by atoms with Gasteiger partial charge in [-0.3, -0.25) is 4.98 Å². The van der Waals surface area contributed by atoms with Gasteiger partial charge in [0.05, 0.1) is 37.6 Å². The van der Waals surface area contributed by atoms with Crippen LogP contribution in [0.15, 0.2) is 48.4 Å². The summed E-state index contributed by atoms with van der Waals surface area (Å²) in [5, 5.41) is 4.65. The number of hydrogen-bond acceptors (Lipinski definition) is 10. The molecule has 3 heterocycles. The van der Waals surface area contributed by atoms with Crippen LogP contribution in [0.25, 0.3) is 22.4 Å². The predicted octanol–water partition coefficient (Wildman–Crippen LogP) is 1.69. The smallest absolute Gasteiger partial charge is 0.162 e. The predicted molar refractivity (Wildman–Crippen MR) is 129 cm³/mol. The molecule has 1 saturated heterocycles. The Hall–Kier alpha value is -3.47. The SMILES string of the molecule is CNc1ccc(-c2nc(N3CCOCC3)c3ncc(CN(N)/C=C(\N)COC)cc3n2)cc1. The Bertz CT molecular complexity index is 1110. The zero-order valence-corrected chi connectivity index (χ0v) is 19.0. The van der Waals surface area contributed by atoms with Crippen LogP contribution >= 0.6 is 0 Å². The van der Waals surface area contributed by atoms with Crippen LogP contribution < -0.4 is 21.8 Å². The average molecular weight is 451 g/mol. The van der Waals surface area contributed by atoms with Gasteiger partial charge in [0.15, 0.2) is 11.6 Å². The second kappa shape index (κ2) is 10.4. The van der Waals surface area contributed by atoms with Crippen LogP contribution in [0.1, 0.15) is 5.56 Å². The minimum Gasteiger partial charge on any atom is -0.399 e. The maximum atomic E-state index is 6.11. The van der Waals surface area contributed by atoms with Crippen molar-refractivity contribution in [1.82, 2.24) is 20.0 Å². The van der Waals surface area contributed by atoms with E-state index in [4.69, 9.17) is 36.0 Å². The Labute approximate surface area is 193 Å². The molecule has 0 unspecified atom stereocenters.